The molecule has 178 valence electrons. The van der Waals surface area contributed by atoms with Gasteiger partial charge in [0.15, 0.2) is 0 Å². The molecular formula is C29H29N3O3. The number of nitrogens with zero attached hydrogens (tertiary/aromatic N) is 1. The summed E-state index contributed by atoms with van der Waals surface area (Å²) < 4.78 is 0. The maximum atomic E-state index is 13.0. The number of aryl methyl sites for hydroxylation is 1. The first-order valence-corrected chi connectivity index (χ1v) is 11.7. The molecular weight excluding hydrogens is 438 g/mol. The van der Waals surface area contributed by atoms with Crippen LogP contribution in [0.25, 0.3) is 6.08 Å². The van der Waals surface area contributed by atoms with E-state index in [0.29, 0.717) is 37.2 Å². The molecule has 35 heavy (non-hydrogen) atoms. The van der Waals surface area contributed by atoms with E-state index in [0.717, 1.165) is 16.7 Å². The van der Waals surface area contributed by atoms with E-state index in [1.54, 1.807) is 35.2 Å². The summed E-state index contributed by atoms with van der Waals surface area (Å²) in [5, 5.41) is 5.79. The quantitative estimate of drug-likeness (QED) is 0.504. The van der Waals surface area contributed by atoms with E-state index in [2.05, 4.69) is 17.2 Å². The van der Waals surface area contributed by atoms with Gasteiger partial charge in [-0.15, -0.1) is 0 Å². The number of carbonyl (C=O) groups is 3. The maximum Gasteiger partial charge on any atom is 0.251 e. The first-order valence-electron chi connectivity index (χ1n) is 11.7. The van der Waals surface area contributed by atoms with E-state index in [-0.39, 0.29) is 17.7 Å². The van der Waals surface area contributed by atoms with Crippen molar-refractivity contribution >= 4 is 29.5 Å². The van der Waals surface area contributed by atoms with Crippen molar-refractivity contribution in [2.75, 3.05) is 5.32 Å². The average molecular weight is 468 g/mol. The fourth-order valence-corrected chi connectivity index (χ4v) is 4.08. The predicted molar refractivity (Wildman–Crippen MR) is 138 cm³/mol. The fourth-order valence-electron chi connectivity index (χ4n) is 4.08. The van der Waals surface area contributed by atoms with Crippen LogP contribution in [0.1, 0.15) is 45.5 Å². The minimum Gasteiger partial charge on any atom is -0.348 e. The Morgan fingerprint density at radius 2 is 1.63 bits per heavy atom. The molecule has 2 N–H and O–H groups in total. The molecule has 6 nitrogen and oxygen atoms in total. The molecule has 3 amide bonds. The van der Waals surface area contributed by atoms with Crippen LogP contribution in [0.3, 0.4) is 0 Å². The molecule has 0 aromatic heterocycles. The molecule has 1 fully saturated rings. The van der Waals surface area contributed by atoms with E-state index in [1.807, 2.05) is 55.5 Å². The average Bonchev–Trinajstić information content (AvgIpc) is 3.24. The molecule has 3 aromatic carbocycles. The van der Waals surface area contributed by atoms with Crippen LogP contribution in [0.15, 0.2) is 79.4 Å². The van der Waals surface area contributed by atoms with Gasteiger partial charge in [-0.2, -0.15) is 0 Å². The van der Waals surface area contributed by atoms with Gasteiger partial charge in [0.25, 0.3) is 5.91 Å². The Kier molecular flexibility index (Phi) is 7.41. The number of anilines is 1. The predicted octanol–water partition coefficient (Wildman–Crippen LogP) is 4.70. The molecule has 0 saturated carbocycles. The second-order valence-electron chi connectivity index (χ2n) is 8.76. The molecule has 1 atom stereocenters. The van der Waals surface area contributed by atoms with Crippen LogP contribution in [0.4, 0.5) is 5.69 Å². The number of likely N-dealkylation sites (tertiary alicyclic amines) is 1. The molecule has 3 aromatic rings. The molecule has 1 aliphatic rings. The lowest BCUT2D eigenvalue weighted by Crippen LogP contribution is -2.41. The first kappa shape index (κ1) is 24.0. The van der Waals surface area contributed by atoms with Gasteiger partial charge in [-0.3, -0.25) is 14.4 Å². The van der Waals surface area contributed by atoms with Crippen LogP contribution >= 0.6 is 0 Å². The van der Waals surface area contributed by atoms with Gasteiger partial charge >= 0.3 is 0 Å². The van der Waals surface area contributed by atoms with Crippen molar-refractivity contribution in [2.24, 2.45) is 0 Å². The highest BCUT2D eigenvalue weighted by molar-refractivity contribution is 6.00. The van der Waals surface area contributed by atoms with Crippen molar-refractivity contribution in [3.8, 4) is 0 Å². The summed E-state index contributed by atoms with van der Waals surface area (Å²) in [6.07, 6.45) is 2.60. The summed E-state index contributed by atoms with van der Waals surface area (Å²) in [6.45, 7) is 6.60. The van der Waals surface area contributed by atoms with E-state index in [9.17, 15) is 14.4 Å². The number of hydrogen-bond acceptors (Lipinski definition) is 3. The standard InChI is InChI=1S/C29H29N3O3/c1-3-21-8-10-23(11-9-21)19-32-26(16-17-27(32)33)29(35)31-25-14-12-24(13-15-25)28(34)30-18-22-6-4-20(2)5-7-22/h3-15,26H,1,16-19H2,2H3,(H,30,34)(H,31,35)/t26-/m0/s1. The minimum atomic E-state index is -0.529. The zero-order chi connectivity index (χ0) is 24.8. The van der Waals surface area contributed by atoms with E-state index in [1.165, 1.54) is 5.56 Å². The normalized spacial score (nSPS) is 15.1. The van der Waals surface area contributed by atoms with Gasteiger partial charge < -0.3 is 15.5 Å². The lowest BCUT2D eigenvalue weighted by molar-refractivity contribution is -0.133. The highest BCUT2D eigenvalue weighted by atomic mass is 16.2. The van der Waals surface area contributed by atoms with Crippen molar-refractivity contribution in [3.05, 3.63) is 107 Å². The maximum absolute atomic E-state index is 13.0. The molecule has 0 spiro atoms. The molecule has 0 radical (unpaired) electrons. The van der Waals surface area contributed by atoms with E-state index in [4.69, 9.17) is 0 Å². The second-order valence-corrected chi connectivity index (χ2v) is 8.76. The third-order valence-corrected chi connectivity index (χ3v) is 6.19. The lowest BCUT2D eigenvalue weighted by atomic mass is 10.1. The van der Waals surface area contributed by atoms with Gasteiger partial charge in [-0.25, -0.2) is 0 Å². The van der Waals surface area contributed by atoms with E-state index >= 15 is 0 Å². The third kappa shape index (κ3) is 6.03. The molecule has 1 heterocycles. The summed E-state index contributed by atoms with van der Waals surface area (Å²) in [5.74, 6) is -0.438. The Labute approximate surface area is 205 Å². The Hall–Kier alpha value is -4.19. The van der Waals surface area contributed by atoms with Crippen LogP contribution in [-0.2, 0) is 22.7 Å². The highest BCUT2D eigenvalue weighted by Crippen LogP contribution is 2.23. The van der Waals surface area contributed by atoms with Gasteiger partial charge in [0.1, 0.15) is 6.04 Å². The second kappa shape index (κ2) is 10.8. The highest BCUT2D eigenvalue weighted by Gasteiger charge is 2.36. The van der Waals surface area contributed by atoms with Gasteiger partial charge in [0.2, 0.25) is 11.8 Å². The molecule has 0 unspecified atom stereocenters. The number of hydrogen-bond donors (Lipinski definition) is 2. The monoisotopic (exact) mass is 467 g/mol. The van der Waals surface area contributed by atoms with Crippen molar-refractivity contribution in [3.63, 3.8) is 0 Å². The molecule has 4 rings (SSSR count). The number of amides is 3. The molecule has 1 aliphatic heterocycles. The van der Waals surface area contributed by atoms with Crippen LogP contribution < -0.4 is 10.6 Å². The SMILES string of the molecule is C=Cc1ccc(CN2C(=O)CC[C@H]2C(=O)Nc2ccc(C(=O)NCc3ccc(C)cc3)cc2)cc1. The smallest absolute Gasteiger partial charge is 0.251 e. The summed E-state index contributed by atoms with van der Waals surface area (Å²) in [6, 6.07) is 22.0. The van der Waals surface area contributed by atoms with Crippen molar-refractivity contribution < 1.29 is 14.4 Å². The summed E-state index contributed by atoms with van der Waals surface area (Å²) >= 11 is 0. The Balaban J connectivity index is 1.34. The topological polar surface area (TPSA) is 78.5 Å². The van der Waals surface area contributed by atoms with Crippen LogP contribution in [0.5, 0.6) is 0 Å². The van der Waals surface area contributed by atoms with Crippen LogP contribution in [0.2, 0.25) is 0 Å². The minimum absolute atomic E-state index is 0.0291. The number of benzene rings is 3. The van der Waals surface area contributed by atoms with Gasteiger partial charge in [-0.05, 0) is 54.3 Å². The summed E-state index contributed by atoms with van der Waals surface area (Å²) in [7, 11) is 0. The lowest BCUT2D eigenvalue weighted by Gasteiger charge is -2.24. The molecule has 0 aliphatic carbocycles. The fraction of sp³-hybridized carbons (Fsp3) is 0.207. The van der Waals surface area contributed by atoms with E-state index < -0.39 is 6.04 Å². The van der Waals surface area contributed by atoms with Gasteiger partial charge in [0.05, 0.1) is 0 Å². The van der Waals surface area contributed by atoms with Crippen molar-refractivity contribution in [1.29, 1.82) is 0 Å². The number of rotatable bonds is 8. The Bertz CT molecular complexity index is 1220. The van der Waals surface area contributed by atoms with Gasteiger partial charge in [0, 0.05) is 30.8 Å². The zero-order valence-corrected chi connectivity index (χ0v) is 19.8. The Morgan fingerprint density at radius 1 is 0.971 bits per heavy atom. The molecule has 0 bridgehead atoms. The zero-order valence-electron chi connectivity index (χ0n) is 19.8. The third-order valence-electron chi connectivity index (χ3n) is 6.19. The van der Waals surface area contributed by atoms with Crippen molar-refractivity contribution in [2.45, 2.75) is 38.9 Å². The molecule has 1 saturated heterocycles. The first-order chi connectivity index (χ1) is 16.9. The summed E-state index contributed by atoms with van der Waals surface area (Å²) in [4.78, 5) is 39.5. The summed E-state index contributed by atoms with van der Waals surface area (Å²) in [5.41, 5.74) is 5.26. The molecule has 6 heteroatoms. The number of carbonyl (C=O) groups excluding carboxylic acids is 3. The van der Waals surface area contributed by atoms with Crippen molar-refractivity contribution in [1.82, 2.24) is 10.2 Å². The van der Waals surface area contributed by atoms with Crippen LogP contribution in [-0.4, -0.2) is 28.7 Å². The number of nitrogens with one attached hydrogen (secondary N) is 2. The largest absolute Gasteiger partial charge is 0.348 e. The van der Waals surface area contributed by atoms with Gasteiger partial charge in [-0.1, -0.05) is 66.7 Å². The Morgan fingerprint density at radius 3 is 2.29 bits per heavy atom. The van der Waals surface area contributed by atoms with Crippen LogP contribution in [0, 0.1) is 6.92 Å².